The van der Waals surface area contributed by atoms with Gasteiger partial charge in [0.2, 0.25) is 5.91 Å². The lowest BCUT2D eigenvalue weighted by Crippen LogP contribution is -2.55. The summed E-state index contributed by atoms with van der Waals surface area (Å²) < 4.78 is 0. The second-order valence-corrected chi connectivity index (χ2v) is 9.53. The Balaban J connectivity index is 1.80. The summed E-state index contributed by atoms with van der Waals surface area (Å²) in [5.41, 5.74) is 4.26. The fourth-order valence-electron chi connectivity index (χ4n) is 5.41. The third-order valence-electron chi connectivity index (χ3n) is 7.02. The highest BCUT2D eigenvalue weighted by atomic mass is 16.2. The fraction of sp³-hybridized carbons (Fsp3) is 0.147. The monoisotopic (exact) mass is 469 g/mol. The average molecular weight is 470 g/mol. The highest BCUT2D eigenvalue weighted by Gasteiger charge is 2.53. The first-order valence-electron chi connectivity index (χ1n) is 12.6. The Morgan fingerprint density at radius 3 is 1.64 bits per heavy atom. The molecule has 36 heavy (non-hydrogen) atoms. The summed E-state index contributed by atoms with van der Waals surface area (Å²) in [5.74, 6) is -0.0830. The van der Waals surface area contributed by atoms with E-state index in [0.717, 1.165) is 28.0 Å². The van der Waals surface area contributed by atoms with Gasteiger partial charge >= 0.3 is 0 Å². The SMILES string of the molecule is CC(C)N1C(=O)C(c2ccccc2)(c2ccccc2)[C@H](c2ccccc2)C=C1/C=C/c1ccccc1. The van der Waals surface area contributed by atoms with Gasteiger partial charge < -0.3 is 4.90 Å². The Hall–Kier alpha value is -4.17. The molecule has 0 unspecified atom stereocenters. The third kappa shape index (κ3) is 4.20. The van der Waals surface area contributed by atoms with E-state index in [-0.39, 0.29) is 17.9 Å². The van der Waals surface area contributed by atoms with Crippen LogP contribution in [0.15, 0.2) is 139 Å². The van der Waals surface area contributed by atoms with Gasteiger partial charge in [-0.05, 0) is 42.2 Å². The Labute approximate surface area is 214 Å². The average Bonchev–Trinajstić information content (AvgIpc) is 2.93. The number of rotatable bonds is 6. The van der Waals surface area contributed by atoms with E-state index in [1.54, 1.807) is 0 Å². The molecule has 1 aliphatic rings. The summed E-state index contributed by atoms with van der Waals surface area (Å²) >= 11 is 0. The van der Waals surface area contributed by atoms with Gasteiger partial charge in [0.1, 0.15) is 5.41 Å². The lowest BCUT2D eigenvalue weighted by atomic mass is 9.60. The minimum absolute atomic E-state index is 0.00676. The van der Waals surface area contributed by atoms with Crippen molar-refractivity contribution in [3.63, 3.8) is 0 Å². The summed E-state index contributed by atoms with van der Waals surface area (Å²) in [6, 6.07) is 41.2. The number of hydrogen-bond donors (Lipinski definition) is 0. The summed E-state index contributed by atoms with van der Waals surface area (Å²) in [4.78, 5) is 16.9. The van der Waals surface area contributed by atoms with Gasteiger partial charge in [-0.3, -0.25) is 4.79 Å². The molecule has 1 aliphatic heterocycles. The van der Waals surface area contributed by atoms with E-state index >= 15 is 0 Å². The lowest BCUT2D eigenvalue weighted by Gasteiger charge is -2.48. The number of benzene rings is 4. The highest BCUT2D eigenvalue weighted by molar-refractivity contribution is 5.97. The maximum absolute atomic E-state index is 14.9. The maximum Gasteiger partial charge on any atom is 0.243 e. The van der Waals surface area contributed by atoms with Gasteiger partial charge in [-0.15, -0.1) is 0 Å². The summed E-state index contributed by atoms with van der Waals surface area (Å²) in [7, 11) is 0. The molecule has 1 atom stereocenters. The molecule has 2 nitrogen and oxygen atoms in total. The minimum Gasteiger partial charge on any atom is -0.309 e. The van der Waals surface area contributed by atoms with Gasteiger partial charge in [0.25, 0.3) is 0 Å². The predicted molar refractivity (Wildman–Crippen MR) is 148 cm³/mol. The molecule has 4 aromatic carbocycles. The number of carbonyl (C=O) groups excluding carboxylic acids is 1. The minimum atomic E-state index is -0.891. The van der Waals surface area contributed by atoms with Crippen LogP contribution in [-0.4, -0.2) is 16.8 Å². The van der Waals surface area contributed by atoms with Crippen LogP contribution in [0.1, 0.15) is 42.0 Å². The molecule has 1 heterocycles. The van der Waals surface area contributed by atoms with E-state index in [1.807, 2.05) is 65.6 Å². The van der Waals surface area contributed by atoms with E-state index in [9.17, 15) is 4.79 Å². The molecule has 0 N–H and O–H groups in total. The van der Waals surface area contributed by atoms with Crippen molar-refractivity contribution in [2.75, 3.05) is 0 Å². The molecule has 178 valence electrons. The molecule has 0 saturated carbocycles. The van der Waals surface area contributed by atoms with Crippen molar-refractivity contribution in [1.82, 2.24) is 4.90 Å². The van der Waals surface area contributed by atoms with Gasteiger partial charge in [0.05, 0.1) is 0 Å². The molecule has 4 aromatic rings. The number of carbonyl (C=O) groups is 1. The molecule has 0 aliphatic carbocycles. The van der Waals surface area contributed by atoms with Crippen molar-refractivity contribution in [1.29, 1.82) is 0 Å². The van der Waals surface area contributed by atoms with Gasteiger partial charge in [-0.2, -0.15) is 0 Å². The molecule has 0 aromatic heterocycles. The standard InChI is InChI=1S/C34H31NO/c1-26(2)35-31(24-23-27-15-7-3-8-16-27)25-32(28-17-9-4-10-18-28)34(33(35)36,29-19-11-5-12-20-29)30-21-13-6-14-22-30/h3-26,32H,1-2H3/b24-23+/t32-/m0/s1. The van der Waals surface area contributed by atoms with E-state index in [4.69, 9.17) is 0 Å². The van der Waals surface area contributed by atoms with Crippen LogP contribution in [0, 0.1) is 0 Å². The summed E-state index contributed by atoms with van der Waals surface area (Å²) in [6.45, 7) is 4.18. The smallest absolute Gasteiger partial charge is 0.243 e. The zero-order valence-corrected chi connectivity index (χ0v) is 20.8. The second-order valence-electron chi connectivity index (χ2n) is 9.53. The molecule has 0 fully saturated rings. The zero-order chi connectivity index (χ0) is 25.0. The molecular formula is C34H31NO. The first-order valence-corrected chi connectivity index (χ1v) is 12.6. The van der Waals surface area contributed by atoms with Crippen LogP contribution < -0.4 is 0 Å². The Bertz CT molecular complexity index is 1320. The molecule has 0 radical (unpaired) electrons. The third-order valence-corrected chi connectivity index (χ3v) is 7.02. The normalized spacial score (nSPS) is 17.4. The predicted octanol–water partition coefficient (Wildman–Crippen LogP) is 7.60. The van der Waals surface area contributed by atoms with Crippen LogP contribution in [0.25, 0.3) is 6.08 Å². The van der Waals surface area contributed by atoms with Crippen molar-refractivity contribution in [3.8, 4) is 0 Å². The molecule has 0 bridgehead atoms. The quantitative estimate of drug-likeness (QED) is 0.285. The van der Waals surface area contributed by atoms with Crippen LogP contribution in [0.5, 0.6) is 0 Å². The molecule has 1 amide bonds. The molecule has 0 spiro atoms. The van der Waals surface area contributed by atoms with Gasteiger partial charge in [0, 0.05) is 17.7 Å². The number of amides is 1. The van der Waals surface area contributed by atoms with E-state index in [2.05, 4.69) is 92.7 Å². The van der Waals surface area contributed by atoms with Gasteiger partial charge in [-0.25, -0.2) is 0 Å². The molecule has 2 heteroatoms. The van der Waals surface area contributed by atoms with Crippen LogP contribution in [0.3, 0.4) is 0 Å². The van der Waals surface area contributed by atoms with E-state index in [1.165, 1.54) is 0 Å². The number of hydrogen-bond acceptors (Lipinski definition) is 1. The van der Waals surface area contributed by atoms with Gasteiger partial charge in [-0.1, -0.05) is 133 Å². The first-order chi connectivity index (χ1) is 17.6. The van der Waals surface area contributed by atoms with E-state index in [0.29, 0.717) is 0 Å². The van der Waals surface area contributed by atoms with Crippen molar-refractivity contribution < 1.29 is 4.79 Å². The number of allylic oxidation sites excluding steroid dienone is 2. The lowest BCUT2D eigenvalue weighted by molar-refractivity contribution is -0.136. The van der Waals surface area contributed by atoms with Crippen molar-refractivity contribution in [3.05, 3.63) is 161 Å². The first kappa shape index (κ1) is 23.6. The largest absolute Gasteiger partial charge is 0.309 e. The topological polar surface area (TPSA) is 20.3 Å². The van der Waals surface area contributed by atoms with Gasteiger partial charge in [0.15, 0.2) is 0 Å². The molecule has 5 rings (SSSR count). The Morgan fingerprint density at radius 2 is 1.14 bits per heavy atom. The Morgan fingerprint density at radius 1 is 0.667 bits per heavy atom. The summed E-state index contributed by atoms with van der Waals surface area (Å²) in [6.07, 6.45) is 6.47. The highest BCUT2D eigenvalue weighted by Crippen LogP contribution is 2.51. The zero-order valence-electron chi connectivity index (χ0n) is 20.8. The van der Waals surface area contributed by atoms with Crippen molar-refractivity contribution in [2.45, 2.75) is 31.2 Å². The molecule has 0 saturated heterocycles. The molecular weight excluding hydrogens is 438 g/mol. The van der Waals surface area contributed by atoms with Crippen molar-refractivity contribution in [2.24, 2.45) is 0 Å². The van der Waals surface area contributed by atoms with Crippen molar-refractivity contribution >= 4 is 12.0 Å². The van der Waals surface area contributed by atoms with Crippen LogP contribution in [-0.2, 0) is 10.2 Å². The number of nitrogens with zero attached hydrogens (tertiary/aromatic N) is 1. The fourth-order valence-corrected chi connectivity index (χ4v) is 5.41. The van der Waals surface area contributed by atoms with Crippen LogP contribution in [0.2, 0.25) is 0 Å². The summed E-state index contributed by atoms with van der Waals surface area (Å²) in [5, 5.41) is 0. The Kier molecular flexibility index (Phi) is 6.69. The van der Waals surface area contributed by atoms with E-state index < -0.39 is 5.41 Å². The van der Waals surface area contributed by atoms with Crippen LogP contribution in [0.4, 0.5) is 0 Å². The second kappa shape index (κ2) is 10.2. The maximum atomic E-state index is 14.9. The van der Waals surface area contributed by atoms with Crippen LogP contribution >= 0.6 is 0 Å².